The van der Waals surface area contributed by atoms with Crippen molar-refractivity contribution >= 4 is 17.7 Å². The Morgan fingerprint density at radius 1 is 1.41 bits per heavy atom. The zero-order valence-corrected chi connectivity index (χ0v) is 11.4. The summed E-state index contributed by atoms with van der Waals surface area (Å²) >= 11 is 1.41. The third-order valence-electron chi connectivity index (χ3n) is 2.66. The molecule has 1 aliphatic heterocycles. The molecule has 0 saturated carbocycles. The molecule has 0 N–H and O–H groups in total. The van der Waals surface area contributed by atoms with Crippen LogP contribution >= 0.6 is 11.8 Å². The van der Waals surface area contributed by atoms with Crippen molar-refractivity contribution in [3.8, 4) is 0 Å². The Hall–Kier alpha value is -1.04. The molecule has 1 fully saturated rings. The number of amides is 1. The smallest absolute Gasteiger partial charge is 0.232 e. The van der Waals surface area contributed by atoms with Crippen LogP contribution in [0.4, 0.5) is 0 Å². The molecule has 0 unspecified atom stereocenters. The standard InChI is InChI=1S/C11H20N4OS/c1-10(14(3)13-12-2)17-9-11(16)15-7-5-4-6-8-15/h1,4-9H2,2-3H3/b13-12-. The van der Waals surface area contributed by atoms with Crippen molar-refractivity contribution in [2.24, 2.45) is 10.3 Å². The average molecular weight is 256 g/mol. The second-order valence-electron chi connectivity index (χ2n) is 3.94. The van der Waals surface area contributed by atoms with Gasteiger partial charge in [0.1, 0.15) is 0 Å². The first kappa shape index (κ1) is 14.0. The van der Waals surface area contributed by atoms with E-state index in [0.29, 0.717) is 5.75 Å². The lowest BCUT2D eigenvalue weighted by atomic mass is 10.1. The van der Waals surface area contributed by atoms with E-state index in [0.717, 1.165) is 31.0 Å². The van der Waals surface area contributed by atoms with Crippen LogP contribution in [0.15, 0.2) is 21.9 Å². The Morgan fingerprint density at radius 3 is 2.65 bits per heavy atom. The van der Waals surface area contributed by atoms with Gasteiger partial charge in [0, 0.05) is 20.1 Å². The van der Waals surface area contributed by atoms with Gasteiger partial charge in [0.25, 0.3) is 0 Å². The fourth-order valence-electron chi connectivity index (χ4n) is 1.66. The van der Waals surface area contributed by atoms with Gasteiger partial charge in [0.05, 0.1) is 17.8 Å². The summed E-state index contributed by atoms with van der Waals surface area (Å²) in [5, 5.41) is 9.80. The number of nitrogens with zero attached hydrogens (tertiary/aromatic N) is 4. The molecule has 0 bridgehead atoms. The van der Waals surface area contributed by atoms with Gasteiger partial charge >= 0.3 is 0 Å². The molecule has 1 heterocycles. The van der Waals surface area contributed by atoms with E-state index in [1.165, 1.54) is 18.2 Å². The largest absolute Gasteiger partial charge is 0.342 e. The molecule has 0 aromatic heterocycles. The summed E-state index contributed by atoms with van der Waals surface area (Å²) in [5.74, 6) is 0.625. The van der Waals surface area contributed by atoms with Crippen molar-refractivity contribution in [1.29, 1.82) is 0 Å². The first-order valence-electron chi connectivity index (χ1n) is 5.78. The van der Waals surface area contributed by atoms with Gasteiger partial charge in [0.15, 0.2) is 0 Å². The SMILES string of the molecule is C=C(SCC(=O)N1CCCCC1)N(C)/N=N\C. The number of hydrogen-bond donors (Lipinski definition) is 0. The van der Waals surface area contributed by atoms with Crippen LogP contribution in [-0.2, 0) is 4.79 Å². The fourth-order valence-corrected chi connectivity index (χ4v) is 2.35. The molecule has 6 heteroatoms. The molecular weight excluding hydrogens is 236 g/mol. The first-order chi connectivity index (χ1) is 8.15. The predicted octanol–water partition coefficient (Wildman–Crippen LogP) is 2.13. The van der Waals surface area contributed by atoms with Crippen LogP contribution in [0.25, 0.3) is 0 Å². The first-order valence-corrected chi connectivity index (χ1v) is 6.76. The van der Waals surface area contributed by atoms with Crippen LogP contribution in [0.1, 0.15) is 19.3 Å². The van der Waals surface area contributed by atoms with Crippen molar-refractivity contribution in [3.63, 3.8) is 0 Å². The molecule has 1 aliphatic rings. The average Bonchev–Trinajstić information content (AvgIpc) is 2.36. The van der Waals surface area contributed by atoms with Crippen molar-refractivity contribution in [3.05, 3.63) is 11.6 Å². The number of thioether (sulfide) groups is 1. The minimum Gasteiger partial charge on any atom is -0.342 e. The van der Waals surface area contributed by atoms with Gasteiger partial charge in [-0.25, -0.2) is 5.01 Å². The molecular formula is C11H20N4OS. The minimum atomic E-state index is 0.192. The molecule has 96 valence electrons. The lowest BCUT2D eigenvalue weighted by Gasteiger charge is -2.26. The number of piperidine rings is 1. The zero-order valence-electron chi connectivity index (χ0n) is 10.6. The van der Waals surface area contributed by atoms with Crippen molar-refractivity contribution < 1.29 is 4.79 Å². The summed E-state index contributed by atoms with van der Waals surface area (Å²) in [4.78, 5) is 13.8. The Labute approximate surface area is 107 Å². The molecule has 17 heavy (non-hydrogen) atoms. The third-order valence-corrected chi connectivity index (χ3v) is 3.64. The van der Waals surface area contributed by atoms with Gasteiger partial charge in [-0.05, 0) is 19.3 Å². The second kappa shape index (κ2) is 7.32. The van der Waals surface area contributed by atoms with Gasteiger partial charge in [-0.1, -0.05) is 23.6 Å². The van der Waals surface area contributed by atoms with Crippen molar-refractivity contribution in [1.82, 2.24) is 9.91 Å². The Kier molecular flexibility index (Phi) is 6.04. The number of carbonyl (C=O) groups is 1. The molecule has 0 atom stereocenters. The molecule has 0 aliphatic carbocycles. The molecule has 5 nitrogen and oxygen atoms in total. The maximum atomic E-state index is 11.9. The van der Waals surface area contributed by atoms with E-state index in [-0.39, 0.29) is 5.91 Å². The summed E-state index contributed by atoms with van der Waals surface area (Å²) in [6, 6.07) is 0. The van der Waals surface area contributed by atoms with Gasteiger partial charge in [0.2, 0.25) is 5.91 Å². The summed E-state index contributed by atoms with van der Waals surface area (Å²) in [5.41, 5.74) is 0. The summed E-state index contributed by atoms with van der Waals surface area (Å²) in [7, 11) is 3.38. The number of likely N-dealkylation sites (tertiary alicyclic amines) is 1. The summed E-state index contributed by atoms with van der Waals surface area (Å²) < 4.78 is 0. The van der Waals surface area contributed by atoms with Gasteiger partial charge in [-0.3, -0.25) is 4.79 Å². The van der Waals surface area contributed by atoms with Crippen molar-refractivity contribution in [2.45, 2.75) is 19.3 Å². The summed E-state index contributed by atoms with van der Waals surface area (Å²) in [6.07, 6.45) is 3.49. The van der Waals surface area contributed by atoms with Crippen LogP contribution in [0.2, 0.25) is 0 Å². The topological polar surface area (TPSA) is 48.3 Å². The van der Waals surface area contributed by atoms with Gasteiger partial charge < -0.3 is 4.90 Å². The highest BCUT2D eigenvalue weighted by atomic mass is 32.2. The molecule has 0 radical (unpaired) electrons. The maximum Gasteiger partial charge on any atom is 0.232 e. The van der Waals surface area contributed by atoms with Gasteiger partial charge in [-0.2, -0.15) is 5.11 Å². The number of rotatable bonds is 5. The predicted molar refractivity (Wildman–Crippen MR) is 70.6 cm³/mol. The highest BCUT2D eigenvalue weighted by Gasteiger charge is 2.16. The molecule has 1 amide bonds. The second-order valence-corrected chi connectivity index (χ2v) is 4.99. The Morgan fingerprint density at radius 2 is 2.06 bits per heavy atom. The zero-order chi connectivity index (χ0) is 12.7. The fraction of sp³-hybridized carbons (Fsp3) is 0.727. The van der Waals surface area contributed by atoms with E-state index in [4.69, 9.17) is 0 Å². The molecule has 0 aromatic carbocycles. The highest BCUT2D eigenvalue weighted by molar-refractivity contribution is 8.03. The molecule has 0 aromatic rings. The molecule has 1 saturated heterocycles. The normalized spacial score (nSPS) is 16.2. The third kappa shape index (κ3) is 4.77. The van der Waals surface area contributed by atoms with E-state index in [1.807, 2.05) is 4.90 Å². The van der Waals surface area contributed by atoms with E-state index in [9.17, 15) is 4.79 Å². The lowest BCUT2D eigenvalue weighted by Crippen LogP contribution is -2.36. The van der Waals surface area contributed by atoms with Crippen LogP contribution < -0.4 is 0 Å². The van der Waals surface area contributed by atoms with Crippen LogP contribution in [0, 0.1) is 0 Å². The molecule has 0 spiro atoms. The molecule has 1 rings (SSSR count). The minimum absolute atomic E-state index is 0.192. The summed E-state index contributed by atoms with van der Waals surface area (Å²) in [6.45, 7) is 5.65. The number of hydrogen-bond acceptors (Lipinski definition) is 4. The van der Waals surface area contributed by atoms with Crippen LogP contribution in [-0.4, -0.2) is 48.8 Å². The number of carbonyl (C=O) groups excluding carboxylic acids is 1. The Bertz CT molecular complexity index is 300. The Balaban J connectivity index is 2.29. The van der Waals surface area contributed by atoms with Gasteiger partial charge in [-0.15, -0.1) is 0 Å². The van der Waals surface area contributed by atoms with E-state index >= 15 is 0 Å². The monoisotopic (exact) mass is 256 g/mol. The van der Waals surface area contributed by atoms with Crippen molar-refractivity contribution in [2.75, 3.05) is 32.9 Å². The highest BCUT2D eigenvalue weighted by Crippen LogP contribution is 2.19. The van der Waals surface area contributed by atoms with Crippen LogP contribution in [0.3, 0.4) is 0 Å². The van der Waals surface area contributed by atoms with E-state index < -0.39 is 0 Å². The van der Waals surface area contributed by atoms with Crippen LogP contribution in [0.5, 0.6) is 0 Å². The maximum absolute atomic E-state index is 11.9. The quantitative estimate of drug-likeness (QED) is 0.559. The van der Waals surface area contributed by atoms with E-state index in [2.05, 4.69) is 16.9 Å². The lowest BCUT2D eigenvalue weighted by molar-refractivity contribution is -0.129. The van der Waals surface area contributed by atoms with E-state index in [1.54, 1.807) is 19.1 Å².